The first kappa shape index (κ1) is 16.4. The molecule has 46 heavy (non-hydrogen) atoms. The molecule has 1 heteroatoms. The third-order valence-corrected chi connectivity index (χ3v) is 8.47. The summed E-state index contributed by atoms with van der Waals surface area (Å²) in [5, 5.41) is 1.66. The van der Waals surface area contributed by atoms with Crippen molar-refractivity contribution < 1.29 is 22.2 Å². The van der Waals surface area contributed by atoms with Crippen LogP contribution in [0.15, 0.2) is 174 Å². The molecule has 0 spiro atoms. The number of benzene rings is 8. The maximum atomic E-state index is 9.18. The van der Waals surface area contributed by atoms with Crippen LogP contribution in [0, 0.1) is 0 Å². The Morgan fingerprint density at radius 3 is 1.70 bits per heavy atom. The van der Waals surface area contributed by atoms with Gasteiger partial charge in [0.15, 0.2) is 0 Å². The van der Waals surface area contributed by atoms with Gasteiger partial charge in [0.1, 0.15) is 11.2 Å². The van der Waals surface area contributed by atoms with Crippen LogP contribution in [0.5, 0.6) is 0 Å². The molecule has 9 aromatic rings. The topological polar surface area (TPSA) is 13.1 Å². The van der Waals surface area contributed by atoms with Gasteiger partial charge in [0.2, 0.25) is 0 Å². The van der Waals surface area contributed by atoms with Crippen LogP contribution < -0.4 is 0 Å². The number of rotatable bonds is 5. The Bertz CT molecular complexity index is 3160. The van der Waals surface area contributed by atoms with Gasteiger partial charge in [-0.1, -0.05) is 145 Å². The summed E-state index contributed by atoms with van der Waals surface area (Å²) >= 11 is 0. The summed E-state index contributed by atoms with van der Waals surface area (Å²) in [6.07, 6.45) is -0.481. The average molecular weight is 600 g/mol. The zero-order valence-corrected chi connectivity index (χ0v) is 24.3. The highest BCUT2D eigenvalue weighted by atomic mass is 16.3. The zero-order valence-electron chi connectivity index (χ0n) is 37.3. The highest BCUT2D eigenvalue weighted by molar-refractivity contribution is 6.15. The second-order valence-corrected chi connectivity index (χ2v) is 11.1. The molecular formula is C45H30O. The molecule has 216 valence electrons. The lowest BCUT2D eigenvalue weighted by molar-refractivity contribution is 0.669. The number of hydrogen-bond acceptors (Lipinski definition) is 1. The standard InChI is InChI=1S/C45H30O/c1-3-11-30(12-4-1)27-41-36-15-7-9-17-39(36)45(40-18-10-8-16-37(40)41)33-21-19-32(20-22-33)34-24-26-43-42(28-34)38-25-23-35(29-44(38)46-43)31-13-5-2-6-14-31/h1-26,28-29H,27H2/i1D,3D,4D,7D,8D,9D,10D,11D,12D,15D,16D,17D,18D. The van der Waals surface area contributed by atoms with E-state index in [4.69, 9.17) is 19.5 Å². The molecule has 0 fully saturated rings. The minimum atomic E-state index is -0.614. The summed E-state index contributed by atoms with van der Waals surface area (Å²) in [6, 6.07) is 22.1. The SMILES string of the molecule is [2H]c1c([2H])c([2H])c(Cc2c3c([2H])c([2H])c([2H])c([2H])c3c(-c3ccc(-c4ccc5oc6cc(-c7ccccc7)ccc6c5c4)cc3)c3c([2H])c([2H])c([2H])c([2H])c23)c([2H])c1[2H]. The molecule has 1 nitrogen and oxygen atoms in total. The Balaban J connectivity index is 1.27. The van der Waals surface area contributed by atoms with Gasteiger partial charge < -0.3 is 4.42 Å². The summed E-state index contributed by atoms with van der Waals surface area (Å²) in [6.45, 7) is 0. The molecular weight excluding hydrogens is 556 g/mol. The molecule has 1 aromatic heterocycles. The molecule has 0 amide bonds. The maximum absolute atomic E-state index is 9.18. The van der Waals surface area contributed by atoms with E-state index in [1.807, 2.05) is 72.8 Å². The quantitative estimate of drug-likeness (QED) is 0.179. The van der Waals surface area contributed by atoms with Gasteiger partial charge in [0.25, 0.3) is 0 Å². The Hall–Kier alpha value is -5.92. The van der Waals surface area contributed by atoms with Gasteiger partial charge in [0, 0.05) is 10.8 Å². The van der Waals surface area contributed by atoms with Crippen molar-refractivity contribution in [1.29, 1.82) is 0 Å². The Morgan fingerprint density at radius 2 is 0.978 bits per heavy atom. The molecule has 0 atom stereocenters. The highest BCUT2D eigenvalue weighted by Gasteiger charge is 2.16. The van der Waals surface area contributed by atoms with E-state index in [0.29, 0.717) is 5.56 Å². The summed E-state index contributed by atoms with van der Waals surface area (Å²) in [7, 11) is 0. The minimum Gasteiger partial charge on any atom is -0.456 e. The van der Waals surface area contributed by atoms with Gasteiger partial charge in [-0.25, -0.2) is 0 Å². The minimum absolute atomic E-state index is 0.00979. The predicted octanol–water partition coefficient (Wildman–Crippen LogP) is 12.5. The van der Waals surface area contributed by atoms with E-state index in [0.717, 1.165) is 44.2 Å². The molecule has 0 aliphatic heterocycles. The molecule has 0 bridgehead atoms. The fourth-order valence-corrected chi connectivity index (χ4v) is 6.31. The molecule has 0 unspecified atom stereocenters. The largest absolute Gasteiger partial charge is 0.456 e. The fourth-order valence-electron chi connectivity index (χ4n) is 6.31. The molecule has 0 saturated heterocycles. The van der Waals surface area contributed by atoms with Crippen molar-refractivity contribution in [3.63, 3.8) is 0 Å². The van der Waals surface area contributed by atoms with Crippen molar-refractivity contribution in [2.75, 3.05) is 0 Å². The zero-order chi connectivity index (χ0) is 41.8. The van der Waals surface area contributed by atoms with Crippen LogP contribution in [0.4, 0.5) is 0 Å². The van der Waals surface area contributed by atoms with Gasteiger partial charge in [-0.2, -0.15) is 0 Å². The van der Waals surface area contributed by atoms with Crippen LogP contribution in [-0.2, 0) is 6.42 Å². The van der Waals surface area contributed by atoms with Gasteiger partial charge in [0.05, 0.1) is 17.8 Å². The molecule has 1 heterocycles. The second-order valence-electron chi connectivity index (χ2n) is 11.1. The molecule has 0 aliphatic rings. The monoisotopic (exact) mass is 599 g/mol. The van der Waals surface area contributed by atoms with E-state index in [2.05, 4.69) is 6.07 Å². The van der Waals surface area contributed by atoms with Crippen molar-refractivity contribution in [2.45, 2.75) is 6.42 Å². The maximum Gasteiger partial charge on any atom is 0.136 e. The normalized spacial score (nSPS) is 15.5. The number of hydrogen-bond donors (Lipinski definition) is 0. The van der Waals surface area contributed by atoms with Gasteiger partial charge in [-0.15, -0.1) is 0 Å². The third-order valence-electron chi connectivity index (χ3n) is 8.47. The average Bonchev–Trinajstić information content (AvgIpc) is 3.63. The summed E-state index contributed by atoms with van der Waals surface area (Å²) in [4.78, 5) is 0. The smallest absolute Gasteiger partial charge is 0.136 e. The van der Waals surface area contributed by atoms with Crippen molar-refractivity contribution in [3.8, 4) is 33.4 Å². The van der Waals surface area contributed by atoms with Crippen LogP contribution in [0.3, 0.4) is 0 Å². The van der Waals surface area contributed by atoms with E-state index in [-0.39, 0.29) is 38.2 Å². The molecule has 0 saturated carbocycles. The Kier molecular flexibility index (Phi) is 3.89. The summed E-state index contributed by atoms with van der Waals surface area (Å²) < 4.78 is 119. The van der Waals surface area contributed by atoms with Crippen LogP contribution in [0.25, 0.3) is 76.9 Å². The lowest BCUT2D eigenvalue weighted by Crippen LogP contribution is -1.95. The van der Waals surface area contributed by atoms with Crippen LogP contribution in [0.2, 0.25) is 0 Å². The highest BCUT2D eigenvalue weighted by Crippen LogP contribution is 2.41. The first-order valence-electron chi connectivity index (χ1n) is 21.3. The first-order valence-corrected chi connectivity index (χ1v) is 14.8. The molecule has 0 N–H and O–H groups in total. The van der Waals surface area contributed by atoms with E-state index in [9.17, 15) is 2.74 Å². The van der Waals surface area contributed by atoms with E-state index in [1.54, 1.807) is 12.1 Å². The van der Waals surface area contributed by atoms with Crippen molar-refractivity contribution in [1.82, 2.24) is 0 Å². The molecule has 0 aliphatic carbocycles. The van der Waals surface area contributed by atoms with E-state index < -0.39 is 85.0 Å². The Labute approximate surface area is 286 Å². The van der Waals surface area contributed by atoms with Crippen molar-refractivity contribution in [2.24, 2.45) is 0 Å². The molecule has 0 radical (unpaired) electrons. The fraction of sp³-hybridized carbons (Fsp3) is 0.0222. The van der Waals surface area contributed by atoms with Crippen LogP contribution >= 0.6 is 0 Å². The summed E-state index contributed by atoms with van der Waals surface area (Å²) in [5.74, 6) is 0. The first-order chi connectivity index (χ1) is 28.2. The third kappa shape index (κ3) is 4.48. The second kappa shape index (κ2) is 10.9. The lowest BCUT2D eigenvalue weighted by Gasteiger charge is -2.18. The van der Waals surface area contributed by atoms with Gasteiger partial charge >= 0.3 is 0 Å². The molecule has 8 aromatic carbocycles. The van der Waals surface area contributed by atoms with Gasteiger partial charge in [-0.3, -0.25) is 0 Å². The molecule has 9 rings (SSSR count). The van der Waals surface area contributed by atoms with Crippen molar-refractivity contribution in [3.05, 3.63) is 181 Å². The Morgan fingerprint density at radius 1 is 0.413 bits per heavy atom. The van der Waals surface area contributed by atoms with Crippen LogP contribution in [-0.4, -0.2) is 0 Å². The van der Waals surface area contributed by atoms with E-state index in [1.165, 1.54) is 0 Å². The lowest BCUT2D eigenvalue weighted by atomic mass is 9.86. The van der Waals surface area contributed by atoms with Crippen molar-refractivity contribution >= 4 is 43.5 Å². The van der Waals surface area contributed by atoms with Crippen LogP contribution in [0.1, 0.15) is 28.9 Å². The number of fused-ring (bicyclic) bond motifs is 5. The summed E-state index contributed by atoms with van der Waals surface area (Å²) in [5.41, 5.74) is 5.61. The predicted molar refractivity (Wildman–Crippen MR) is 194 cm³/mol. The number of furan rings is 1. The van der Waals surface area contributed by atoms with Gasteiger partial charge in [-0.05, 0) is 96.7 Å². The van der Waals surface area contributed by atoms with E-state index >= 15 is 0 Å².